The fourth-order valence-electron chi connectivity index (χ4n) is 5.05. The van der Waals surface area contributed by atoms with E-state index in [4.69, 9.17) is 14.6 Å². The van der Waals surface area contributed by atoms with Crippen LogP contribution in [-0.4, -0.2) is 55.5 Å². The molecule has 0 saturated heterocycles. The van der Waals surface area contributed by atoms with Crippen LogP contribution >= 0.6 is 0 Å². The summed E-state index contributed by atoms with van der Waals surface area (Å²) in [4.78, 5) is 35.9. The molecule has 1 fully saturated rings. The van der Waals surface area contributed by atoms with Gasteiger partial charge in [0.15, 0.2) is 0 Å². The Bertz CT molecular complexity index is 1010. The molecule has 1 saturated carbocycles. The molecule has 2 aromatic rings. The van der Waals surface area contributed by atoms with Crippen LogP contribution < -0.4 is 10.6 Å². The highest BCUT2D eigenvalue weighted by molar-refractivity contribution is 5.81. The molecule has 0 aromatic heterocycles. The fraction of sp³-hybridized carbons (Fsp3) is 0.444. The minimum atomic E-state index is -0.918. The van der Waals surface area contributed by atoms with E-state index >= 15 is 0 Å². The normalized spacial score (nSPS) is 18.9. The molecule has 0 heterocycles. The van der Waals surface area contributed by atoms with Gasteiger partial charge in [0.05, 0.1) is 25.6 Å². The van der Waals surface area contributed by atoms with Gasteiger partial charge in [-0.3, -0.25) is 9.59 Å². The summed E-state index contributed by atoms with van der Waals surface area (Å²) < 4.78 is 10.9. The molecule has 8 heteroatoms. The van der Waals surface area contributed by atoms with Crippen molar-refractivity contribution in [1.82, 2.24) is 10.6 Å². The van der Waals surface area contributed by atoms with Crippen LogP contribution in [0.5, 0.6) is 0 Å². The molecule has 2 atom stereocenters. The lowest BCUT2D eigenvalue weighted by Gasteiger charge is -2.31. The van der Waals surface area contributed by atoms with Gasteiger partial charge in [0, 0.05) is 18.5 Å². The number of carbonyl (C=O) groups is 3. The molecule has 2 amide bonds. The summed E-state index contributed by atoms with van der Waals surface area (Å²) in [5.41, 5.74) is 4.66. The molecule has 2 aromatic carbocycles. The van der Waals surface area contributed by atoms with E-state index in [1.165, 1.54) is 11.1 Å². The van der Waals surface area contributed by atoms with Crippen LogP contribution in [0.2, 0.25) is 0 Å². The van der Waals surface area contributed by atoms with E-state index in [1.807, 2.05) is 24.3 Å². The maximum atomic E-state index is 12.7. The van der Waals surface area contributed by atoms with Crippen molar-refractivity contribution in [2.24, 2.45) is 5.92 Å². The van der Waals surface area contributed by atoms with E-state index in [0.29, 0.717) is 13.0 Å². The molecule has 3 N–H and O–H groups in total. The Morgan fingerprint density at radius 3 is 2.26 bits per heavy atom. The number of benzene rings is 2. The summed E-state index contributed by atoms with van der Waals surface area (Å²) >= 11 is 0. The molecule has 0 unspecified atom stereocenters. The second-order valence-electron chi connectivity index (χ2n) is 9.01. The first-order valence-corrected chi connectivity index (χ1v) is 12.2. The third-order valence-corrected chi connectivity index (χ3v) is 6.76. The number of carboxylic acids is 1. The lowest BCUT2D eigenvalue weighted by Crippen LogP contribution is -2.49. The molecule has 0 spiro atoms. The van der Waals surface area contributed by atoms with Crippen LogP contribution in [-0.2, 0) is 19.1 Å². The Morgan fingerprint density at radius 1 is 0.914 bits per heavy atom. The maximum Gasteiger partial charge on any atom is 0.407 e. The van der Waals surface area contributed by atoms with Gasteiger partial charge in [-0.1, -0.05) is 61.4 Å². The summed E-state index contributed by atoms with van der Waals surface area (Å²) in [6.45, 7) is 0.889. The van der Waals surface area contributed by atoms with Crippen LogP contribution in [0.4, 0.5) is 4.79 Å². The van der Waals surface area contributed by atoms with Crippen molar-refractivity contribution in [3.8, 4) is 11.1 Å². The molecule has 8 nitrogen and oxygen atoms in total. The highest BCUT2D eigenvalue weighted by atomic mass is 16.5. The standard InChI is InChI=1S/C27H32N2O6/c30-25(31)13-15-34-16-14-28-26(32)22-11-5-6-12-24(22)29-27(33)35-17-23-20-9-3-1-7-18(20)19-8-2-4-10-21(19)23/h1-4,7-10,22-24H,5-6,11-17H2,(H,28,32)(H,29,33)(H,30,31)/t22-,24+/m0/s1. The summed E-state index contributed by atoms with van der Waals surface area (Å²) in [6.07, 6.45) is 2.71. The van der Waals surface area contributed by atoms with Gasteiger partial charge in [0.1, 0.15) is 6.61 Å². The number of ether oxygens (including phenoxy) is 2. The van der Waals surface area contributed by atoms with E-state index in [0.717, 1.165) is 30.4 Å². The Balaban J connectivity index is 1.28. The predicted molar refractivity (Wildman–Crippen MR) is 130 cm³/mol. The summed E-state index contributed by atoms with van der Waals surface area (Å²) in [7, 11) is 0. The molecular weight excluding hydrogens is 448 g/mol. The van der Waals surface area contributed by atoms with Crippen LogP contribution in [0, 0.1) is 5.92 Å². The van der Waals surface area contributed by atoms with Crippen LogP contribution in [0.15, 0.2) is 48.5 Å². The molecule has 4 rings (SSSR count). The number of nitrogens with one attached hydrogen (secondary N) is 2. The Kier molecular flexibility index (Phi) is 8.36. The van der Waals surface area contributed by atoms with Crippen LogP contribution in [0.1, 0.15) is 49.1 Å². The highest BCUT2D eigenvalue weighted by Crippen LogP contribution is 2.44. The third kappa shape index (κ3) is 6.19. The SMILES string of the molecule is O=C(O)CCOCCNC(=O)[C@H]1CCCC[C@H]1NC(=O)OCC1c2ccccc2-c2ccccc21. The smallest absolute Gasteiger partial charge is 0.407 e. The van der Waals surface area contributed by atoms with E-state index in [9.17, 15) is 14.4 Å². The monoisotopic (exact) mass is 480 g/mol. The lowest BCUT2D eigenvalue weighted by atomic mass is 9.84. The van der Waals surface area contributed by atoms with Gasteiger partial charge in [0.2, 0.25) is 5.91 Å². The van der Waals surface area contributed by atoms with Gasteiger partial charge in [-0.05, 0) is 35.1 Å². The molecule has 2 aliphatic carbocycles. The van der Waals surface area contributed by atoms with Gasteiger partial charge < -0.3 is 25.2 Å². The van der Waals surface area contributed by atoms with Gasteiger partial charge in [0.25, 0.3) is 0 Å². The van der Waals surface area contributed by atoms with Crippen molar-refractivity contribution in [3.05, 3.63) is 59.7 Å². The van der Waals surface area contributed by atoms with Crippen molar-refractivity contribution in [2.45, 2.75) is 44.1 Å². The predicted octanol–water partition coefficient (Wildman–Crippen LogP) is 3.69. The van der Waals surface area contributed by atoms with Crippen molar-refractivity contribution in [2.75, 3.05) is 26.4 Å². The third-order valence-electron chi connectivity index (χ3n) is 6.76. The number of alkyl carbamates (subject to hydrolysis) is 1. The molecule has 186 valence electrons. The van der Waals surface area contributed by atoms with Crippen molar-refractivity contribution in [1.29, 1.82) is 0 Å². The Hall–Kier alpha value is -3.39. The topological polar surface area (TPSA) is 114 Å². The molecular formula is C27H32N2O6. The second kappa shape index (κ2) is 11.8. The number of aliphatic carboxylic acids is 1. The molecule has 2 aliphatic rings. The first-order valence-electron chi connectivity index (χ1n) is 12.2. The molecule has 0 bridgehead atoms. The Morgan fingerprint density at radius 2 is 1.57 bits per heavy atom. The van der Waals surface area contributed by atoms with Crippen LogP contribution in [0.25, 0.3) is 11.1 Å². The average Bonchev–Trinajstić information content (AvgIpc) is 3.18. The summed E-state index contributed by atoms with van der Waals surface area (Å²) in [5.74, 6) is -1.39. The van der Waals surface area contributed by atoms with E-state index < -0.39 is 12.1 Å². The van der Waals surface area contributed by atoms with E-state index in [-0.39, 0.29) is 50.0 Å². The zero-order chi connectivity index (χ0) is 24.6. The van der Waals surface area contributed by atoms with Crippen molar-refractivity contribution >= 4 is 18.0 Å². The van der Waals surface area contributed by atoms with Gasteiger partial charge in [-0.15, -0.1) is 0 Å². The fourth-order valence-corrected chi connectivity index (χ4v) is 5.05. The van der Waals surface area contributed by atoms with Crippen LogP contribution in [0.3, 0.4) is 0 Å². The highest BCUT2D eigenvalue weighted by Gasteiger charge is 2.33. The van der Waals surface area contributed by atoms with Crippen molar-refractivity contribution in [3.63, 3.8) is 0 Å². The number of rotatable bonds is 10. The van der Waals surface area contributed by atoms with Gasteiger partial charge >= 0.3 is 12.1 Å². The molecule has 0 aliphatic heterocycles. The summed E-state index contributed by atoms with van der Waals surface area (Å²) in [6, 6.07) is 16.1. The second-order valence-corrected chi connectivity index (χ2v) is 9.01. The van der Waals surface area contributed by atoms with Gasteiger partial charge in [-0.25, -0.2) is 4.79 Å². The lowest BCUT2D eigenvalue weighted by molar-refractivity contribution is -0.138. The minimum Gasteiger partial charge on any atom is -0.481 e. The van der Waals surface area contributed by atoms with E-state index in [2.05, 4.69) is 34.9 Å². The van der Waals surface area contributed by atoms with E-state index in [1.54, 1.807) is 0 Å². The largest absolute Gasteiger partial charge is 0.481 e. The number of fused-ring (bicyclic) bond motifs is 3. The molecule has 35 heavy (non-hydrogen) atoms. The number of carbonyl (C=O) groups excluding carboxylic acids is 2. The first kappa shape index (κ1) is 24.7. The number of hydrogen-bond donors (Lipinski definition) is 3. The average molecular weight is 481 g/mol. The zero-order valence-electron chi connectivity index (χ0n) is 19.7. The first-order chi connectivity index (χ1) is 17.0. The summed E-state index contributed by atoms with van der Waals surface area (Å²) in [5, 5.41) is 14.4. The minimum absolute atomic E-state index is 0.0141. The number of hydrogen-bond acceptors (Lipinski definition) is 5. The maximum absolute atomic E-state index is 12.7. The number of amides is 2. The quantitative estimate of drug-likeness (QED) is 0.447. The zero-order valence-corrected chi connectivity index (χ0v) is 19.7. The van der Waals surface area contributed by atoms with Crippen molar-refractivity contribution < 1.29 is 29.0 Å². The number of carboxylic acid groups (broad SMARTS) is 1. The Labute approximate surface area is 205 Å². The molecule has 0 radical (unpaired) electrons. The van der Waals surface area contributed by atoms with Gasteiger partial charge in [-0.2, -0.15) is 0 Å².